The van der Waals surface area contributed by atoms with E-state index >= 15 is 0 Å². The standard InChI is InChI=1S/C21H19FN6O/c1-2-17-26-20(18-14-7-4-8-15(19(23)29)16(14)11-24-18)28-21(27-17)25-10-12-5-3-6-13(22)9-12/h3-9,11,24H,2,10H2,1H3,(H2,23,29)(H,25,26,27,28). The van der Waals surface area contributed by atoms with Gasteiger partial charge in [0.25, 0.3) is 0 Å². The van der Waals surface area contributed by atoms with Crippen molar-refractivity contribution in [3.05, 3.63) is 71.4 Å². The van der Waals surface area contributed by atoms with E-state index in [4.69, 9.17) is 5.73 Å². The zero-order valence-electron chi connectivity index (χ0n) is 15.7. The molecule has 29 heavy (non-hydrogen) atoms. The van der Waals surface area contributed by atoms with Crippen molar-refractivity contribution in [2.24, 2.45) is 5.73 Å². The molecule has 0 saturated heterocycles. The third-order valence-electron chi connectivity index (χ3n) is 4.56. The van der Waals surface area contributed by atoms with Crippen LogP contribution in [0.1, 0.15) is 28.7 Å². The molecular weight excluding hydrogens is 371 g/mol. The summed E-state index contributed by atoms with van der Waals surface area (Å²) in [4.78, 5) is 28.3. The molecular formula is C21H19FN6O. The van der Waals surface area contributed by atoms with E-state index in [-0.39, 0.29) is 5.82 Å². The molecule has 0 atom stereocenters. The number of nitrogens with two attached hydrogens (primary N) is 1. The van der Waals surface area contributed by atoms with Crippen LogP contribution in [0.3, 0.4) is 0 Å². The second-order valence-corrected chi connectivity index (χ2v) is 6.53. The van der Waals surface area contributed by atoms with Crippen LogP contribution in [0, 0.1) is 5.82 Å². The number of amides is 1. The van der Waals surface area contributed by atoms with Gasteiger partial charge in [0.1, 0.15) is 11.6 Å². The van der Waals surface area contributed by atoms with Crippen LogP contribution in [0.25, 0.3) is 22.3 Å². The number of anilines is 1. The summed E-state index contributed by atoms with van der Waals surface area (Å²) in [7, 11) is 0. The third kappa shape index (κ3) is 3.77. The van der Waals surface area contributed by atoms with Gasteiger partial charge >= 0.3 is 0 Å². The SMILES string of the molecule is CCc1nc(NCc2cccc(F)c2)nc(-c2[nH]cc3c(C(N)=O)cccc23)n1. The molecule has 0 bridgehead atoms. The average molecular weight is 390 g/mol. The summed E-state index contributed by atoms with van der Waals surface area (Å²) in [5.74, 6) is 0.673. The quantitative estimate of drug-likeness (QED) is 0.467. The Morgan fingerprint density at radius 2 is 1.97 bits per heavy atom. The van der Waals surface area contributed by atoms with Crippen molar-refractivity contribution >= 4 is 22.6 Å². The average Bonchev–Trinajstić information content (AvgIpc) is 3.16. The largest absolute Gasteiger partial charge is 0.366 e. The highest BCUT2D eigenvalue weighted by atomic mass is 19.1. The number of benzene rings is 2. The molecule has 0 radical (unpaired) electrons. The van der Waals surface area contributed by atoms with Crippen molar-refractivity contribution in [2.75, 3.05) is 5.32 Å². The number of aryl methyl sites for hydroxylation is 1. The number of hydrogen-bond acceptors (Lipinski definition) is 5. The molecule has 0 fully saturated rings. The molecule has 1 amide bonds. The zero-order valence-corrected chi connectivity index (χ0v) is 15.7. The van der Waals surface area contributed by atoms with Gasteiger partial charge in [0.05, 0.1) is 5.69 Å². The Kier molecular flexibility index (Phi) is 4.90. The van der Waals surface area contributed by atoms with Gasteiger partial charge in [-0.1, -0.05) is 31.2 Å². The van der Waals surface area contributed by atoms with Crippen molar-refractivity contribution in [2.45, 2.75) is 19.9 Å². The molecule has 0 aliphatic rings. The summed E-state index contributed by atoms with van der Waals surface area (Å²) in [6.45, 7) is 2.33. The first-order chi connectivity index (χ1) is 14.0. The summed E-state index contributed by atoms with van der Waals surface area (Å²) in [6.07, 6.45) is 2.34. The summed E-state index contributed by atoms with van der Waals surface area (Å²) in [5.41, 5.74) is 7.36. The Morgan fingerprint density at radius 3 is 2.72 bits per heavy atom. The van der Waals surface area contributed by atoms with E-state index in [1.54, 1.807) is 24.4 Å². The van der Waals surface area contributed by atoms with Gasteiger partial charge in [-0.2, -0.15) is 9.97 Å². The number of aromatic amines is 1. The van der Waals surface area contributed by atoms with E-state index in [1.807, 2.05) is 19.1 Å². The van der Waals surface area contributed by atoms with Gasteiger partial charge in [0.2, 0.25) is 11.9 Å². The lowest BCUT2D eigenvalue weighted by atomic mass is 10.1. The molecule has 2 aromatic heterocycles. The number of carbonyl (C=O) groups excluding carboxylic acids is 1. The number of halogens is 1. The summed E-state index contributed by atoms with van der Waals surface area (Å²) < 4.78 is 13.4. The smallest absolute Gasteiger partial charge is 0.249 e. The van der Waals surface area contributed by atoms with E-state index in [0.29, 0.717) is 47.2 Å². The minimum absolute atomic E-state index is 0.294. The Bertz CT molecular complexity index is 1200. The predicted octanol–water partition coefficient (Wildman–Crippen LogP) is 3.43. The van der Waals surface area contributed by atoms with Crippen LogP contribution in [0.4, 0.5) is 10.3 Å². The molecule has 0 aliphatic carbocycles. The van der Waals surface area contributed by atoms with Gasteiger partial charge < -0.3 is 16.0 Å². The molecule has 0 saturated carbocycles. The van der Waals surface area contributed by atoms with Crippen molar-refractivity contribution in [3.63, 3.8) is 0 Å². The van der Waals surface area contributed by atoms with Crippen LogP contribution in [-0.4, -0.2) is 25.8 Å². The highest BCUT2D eigenvalue weighted by molar-refractivity contribution is 6.09. The first-order valence-corrected chi connectivity index (χ1v) is 9.18. The van der Waals surface area contributed by atoms with Gasteiger partial charge in [0, 0.05) is 35.5 Å². The number of carbonyl (C=O) groups is 1. The molecule has 8 heteroatoms. The van der Waals surface area contributed by atoms with Gasteiger partial charge in [-0.3, -0.25) is 4.79 Å². The number of fused-ring (bicyclic) bond motifs is 1. The van der Waals surface area contributed by atoms with Gasteiger partial charge in [0.15, 0.2) is 5.82 Å². The Morgan fingerprint density at radius 1 is 1.14 bits per heavy atom. The Balaban J connectivity index is 1.71. The minimum Gasteiger partial charge on any atom is -0.366 e. The first-order valence-electron chi connectivity index (χ1n) is 9.18. The lowest BCUT2D eigenvalue weighted by Crippen LogP contribution is -2.10. The van der Waals surface area contributed by atoms with E-state index < -0.39 is 5.91 Å². The normalized spacial score (nSPS) is 11.0. The van der Waals surface area contributed by atoms with Crippen LogP contribution >= 0.6 is 0 Å². The summed E-state index contributed by atoms with van der Waals surface area (Å²) >= 11 is 0. The number of nitrogens with zero attached hydrogens (tertiary/aromatic N) is 3. The Labute approximate surface area is 166 Å². The fourth-order valence-corrected chi connectivity index (χ4v) is 3.16. The second kappa shape index (κ2) is 7.67. The van der Waals surface area contributed by atoms with Crippen LogP contribution in [0.15, 0.2) is 48.7 Å². The maximum absolute atomic E-state index is 13.4. The van der Waals surface area contributed by atoms with Crippen LogP contribution in [0.2, 0.25) is 0 Å². The molecule has 4 aromatic rings. The fourth-order valence-electron chi connectivity index (χ4n) is 3.16. The van der Waals surface area contributed by atoms with Crippen molar-refractivity contribution in [3.8, 4) is 11.5 Å². The highest BCUT2D eigenvalue weighted by Gasteiger charge is 2.15. The lowest BCUT2D eigenvalue weighted by molar-refractivity contribution is 0.100. The summed E-state index contributed by atoms with van der Waals surface area (Å²) in [5, 5.41) is 4.63. The predicted molar refractivity (Wildman–Crippen MR) is 109 cm³/mol. The molecule has 146 valence electrons. The monoisotopic (exact) mass is 390 g/mol. The van der Waals surface area contributed by atoms with Crippen LogP contribution in [-0.2, 0) is 13.0 Å². The maximum Gasteiger partial charge on any atom is 0.249 e. The van der Waals surface area contributed by atoms with Gasteiger partial charge in [-0.25, -0.2) is 9.37 Å². The van der Waals surface area contributed by atoms with Crippen LogP contribution in [0.5, 0.6) is 0 Å². The first kappa shape index (κ1) is 18.5. The molecule has 4 rings (SSSR count). The van der Waals surface area contributed by atoms with Crippen molar-refractivity contribution in [1.82, 2.24) is 19.9 Å². The molecule has 4 N–H and O–H groups in total. The second-order valence-electron chi connectivity index (χ2n) is 6.53. The number of aromatic nitrogens is 4. The number of rotatable bonds is 6. The fraction of sp³-hybridized carbons (Fsp3) is 0.143. The van der Waals surface area contributed by atoms with Crippen LogP contribution < -0.4 is 11.1 Å². The minimum atomic E-state index is -0.497. The molecule has 2 aromatic carbocycles. The number of hydrogen-bond donors (Lipinski definition) is 3. The van der Waals surface area contributed by atoms with Gasteiger partial charge in [-0.05, 0) is 23.8 Å². The van der Waals surface area contributed by atoms with Crippen molar-refractivity contribution in [1.29, 1.82) is 0 Å². The highest BCUT2D eigenvalue weighted by Crippen LogP contribution is 2.28. The summed E-state index contributed by atoms with van der Waals surface area (Å²) in [6, 6.07) is 11.7. The Hall–Kier alpha value is -3.81. The molecule has 7 nitrogen and oxygen atoms in total. The van der Waals surface area contributed by atoms with E-state index in [2.05, 4.69) is 25.3 Å². The molecule has 2 heterocycles. The number of primary amides is 1. The zero-order chi connectivity index (χ0) is 20.4. The number of H-pyrrole nitrogens is 1. The van der Waals surface area contributed by atoms with E-state index in [9.17, 15) is 9.18 Å². The topological polar surface area (TPSA) is 110 Å². The molecule has 0 aliphatic heterocycles. The number of nitrogens with one attached hydrogen (secondary N) is 2. The maximum atomic E-state index is 13.4. The molecule has 0 unspecified atom stereocenters. The third-order valence-corrected chi connectivity index (χ3v) is 4.56. The van der Waals surface area contributed by atoms with E-state index in [1.165, 1.54) is 12.1 Å². The van der Waals surface area contributed by atoms with Gasteiger partial charge in [-0.15, -0.1) is 0 Å². The van der Waals surface area contributed by atoms with E-state index in [0.717, 1.165) is 10.9 Å². The lowest BCUT2D eigenvalue weighted by Gasteiger charge is -2.08. The van der Waals surface area contributed by atoms with Crippen molar-refractivity contribution < 1.29 is 9.18 Å². The molecule has 0 spiro atoms.